The van der Waals surface area contributed by atoms with Crippen LogP contribution in [-0.2, 0) is 0 Å². The third-order valence-corrected chi connectivity index (χ3v) is 4.99. The Morgan fingerprint density at radius 3 is 2.47 bits per heavy atom. The molecule has 1 aliphatic rings. The lowest BCUT2D eigenvalue weighted by molar-refractivity contribution is 0.223. The molecule has 1 atom stereocenters. The van der Waals surface area contributed by atoms with E-state index in [0.29, 0.717) is 12.6 Å². The van der Waals surface area contributed by atoms with E-state index in [4.69, 9.17) is 9.47 Å². The van der Waals surface area contributed by atoms with Gasteiger partial charge in [0.05, 0.1) is 13.7 Å². The minimum atomic E-state index is 0. The highest BCUT2D eigenvalue weighted by Gasteiger charge is 2.20. The summed E-state index contributed by atoms with van der Waals surface area (Å²) in [6, 6.07) is 14.1. The van der Waals surface area contributed by atoms with Gasteiger partial charge in [-0.15, -0.1) is 24.0 Å². The predicted octanol–water partition coefficient (Wildman–Crippen LogP) is 3.31. The summed E-state index contributed by atoms with van der Waals surface area (Å²) >= 11 is 0. The molecule has 0 aliphatic carbocycles. The van der Waals surface area contributed by atoms with E-state index in [1.165, 1.54) is 0 Å². The summed E-state index contributed by atoms with van der Waals surface area (Å²) in [5, 5.41) is 6.90. The van der Waals surface area contributed by atoms with Gasteiger partial charge in [-0.1, -0.05) is 6.07 Å². The molecular weight excluding hydrogens is 493 g/mol. The van der Waals surface area contributed by atoms with E-state index in [1.807, 2.05) is 49.5 Å². The lowest BCUT2D eigenvalue weighted by Crippen LogP contribution is -2.50. The van der Waals surface area contributed by atoms with Crippen molar-refractivity contribution in [2.24, 2.45) is 4.99 Å². The maximum absolute atomic E-state index is 5.95. The zero-order valence-electron chi connectivity index (χ0n) is 17.9. The molecule has 0 saturated carbocycles. The van der Waals surface area contributed by atoms with Crippen LogP contribution in [0.25, 0.3) is 0 Å². The predicted molar refractivity (Wildman–Crippen MR) is 132 cm³/mol. The van der Waals surface area contributed by atoms with Crippen molar-refractivity contribution in [1.29, 1.82) is 0 Å². The summed E-state index contributed by atoms with van der Waals surface area (Å²) in [6.07, 6.45) is 3.96. The van der Waals surface area contributed by atoms with Crippen LogP contribution in [0.5, 0.6) is 11.5 Å². The van der Waals surface area contributed by atoms with Crippen molar-refractivity contribution < 1.29 is 9.47 Å². The van der Waals surface area contributed by atoms with Gasteiger partial charge >= 0.3 is 0 Å². The van der Waals surface area contributed by atoms with Gasteiger partial charge < -0.3 is 25.0 Å². The average Bonchev–Trinajstić information content (AvgIpc) is 2.78. The molecule has 1 saturated heterocycles. The number of halogens is 1. The molecule has 30 heavy (non-hydrogen) atoms. The minimum absolute atomic E-state index is 0. The number of aromatic nitrogens is 1. The first-order valence-electron chi connectivity index (χ1n) is 10.1. The molecule has 0 amide bonds. The number of hydrogen-bond acceptors (Lipinski definition) is 5. The molecule has 3 rings (SSSR count). The van der Waals surface area contributed by atoms with E-state index in [2.05, 4.69) is 31.6 Å². The quantitative estimate of drug-likeness (QED) is 0.329. The highest BCUT2D eigenvalue weighted by atomic mass is 127. The average molecular weight is 525 g/mol. The molecule has 0 spiro atoms. The Hall–Kier alpha value is -2.23. The Kier molecular flexibility index (Phi) is 9.99. The first kappa shape index (κ1) is 24.0. The minimum Gasteiger partial charge on any atom is -0.497 e. The summed E-state index contributed by atoms with van der Waals surface area (Å²) < 4.78 is 11.1. The van der Waals surface area contributed by atoms with Crippen LogP contribution in [0.3, 0.4) is 0 Å². The van der Waals surface area contributed by atoms with Gasteiger partial charge in [0.2, 0.25) is 0 Å². The van der Waals surface area contributed by atoms with Gasteiger partial charge in [0.15, 0.2) is 5.96 Å². The Balaban J connectivity index is 0.00000320. The number of nitrogens with zero attached hydrogens (tertiary/aromatic N) is 3. The molecule has 2 heterocycles. The Morgan fingerprint density at radius 2 is 1.87 bits per heavy atom. The smallest absolute Gasteiger partial charge is 0.191 e. The highest BCUT2D eigenvalue weighted by molar-refractivity contribution is 14.0. The first-order chi connectivity index (χ1) is 14.2. The fourth-order valence-corrected chi connectivity index (χ4v) is 3.35. The fourth-order valence-electron chi connectivity index (χ4n) is 3.35. The van der Waals surface area contributed by atoms with Crippen LogP contribution >= 0.6 is 24.0 Å². The first-order valence-corrected chi connectivity index (χ1v) is 10.1. The number of nitrogens with one attached hydrogen (secondary N) is 2. The number of aliphatic imine (C=N–C) groups is 1. The molecule has 1 fully saturated rings. The van der Waals surface area contributed by atoms with E-state index in [1.54, 1.807) is 14.2 Å². The van der Waals surface area contributed by atoms with Crippen LogP contribution in [-0.4, -0.2) is 56.9 Å². The number of pyridine rings is 1. The summed E-state index contributed by atoms with van der Waals surface area (Å²) in [5.41, 5.74) is 0. The fraction of sp³-hybridized carbons (Fsp3) is 0.455. The molecule has 2 N–H and O–H groups in total. The van der Waals surface area contributed by atoms with Crippen molar-refractivity contribution in [2.45, 2.75) is 31.9 Å². The number of piperidine rings is 1. The van der Waals surface area contributed by atoms with Gasteiger partial charge in [0, 0.05) is 32.4 Å². The molecular formula is C22H32IN5O2. The van der Waals surface area contributed by atoms with Crippen LogP contribution in [0.15, 0.2) is 53.7 Å². The van der Waals surface area contributed by atoms with Crippen molar-refractivity contribution in [3.05, 3.63) is 48.7 Å². The molecule has 2 aromatic rings. The molecule has 1 aromatic carbocycles. The second-order valence-electron chi connectivity index (χ2n) is 7.15. The summed E-state index contributed by atoms with van der Waals surface area (Å²) in [5.74, 6) is 3.51. The van der Waals surface area contributed by atoms with Crippen molar-refractivity contribution in [2.75, 3.05) is 38.7 Å². The van der Waals surface area contributed by atoms with Crippen molar-refractivity contribution in [1.82, 2.24) is 15.6 Å². The van der Waals surface area contributed by atoms with E-state index < -0.39 is 0 Å². The monoisotopic (exact) mass is 525 g/mol. The number of hydrogen-bond donors (Lipinski definition) is 2. The summed E-state index contributed by atoms with van der Waals surface area (Å²) in [7, 11) is 3.46. The Bertz CT molecular complexity index is 765. The second kappa shape index (κ2) is 12.5. The van der Waals surface area contributed by atoms with Gasteiger partial charge in [-0.3, -0.25) is 4.99 Å². The van der Waals surface area contributed by atoms with Crippen LogP contribution in [0, 0.1) is 0 Å². The molecule has 1 aliphatic heterocycles. The van der Waals surface area contributed by atoms with Crippen molar-refractivity contribution >= 4 is 35.8 Å². The Labute approximate surface area is 196 Å². The van der Waals surface area contributed by atoms with Crippen LogP contribution in [0.2, 0.25) is 0 Å². The van der Waals surface area contributed by atoms with Crippen molar-refractivity contribution in [3.8, 4) is 11.5 Å². The number of benzene rings is 1. The van der Waals surface area contributed by atoms with Gasteiger partial charge in [-0.05, 0) is 56.2 Å². The molecule has 8 heteroatoms. The highest BCUT2D eigenvalue weighted by Crippen LogP contribution is 2.18. The lowest BCUT2D eigenvalue weighted by atomic mass is 10.1. The molecule has 1 aromatic heterocycles. The van der Waals surface area contributed by atoms with E-state index in [9.17, 15) is 0 Å². The Morgan fingerprint density at radius 1 is 1.17 bits per heavy atom. The SMILES string of the molecule is CN=C(NCC(C)Oc1ccc(OC)cc1)NC1CCN(c2ccccn2)CC1.I. The maximum Gasteiger partial charge on any atom is 0.191 e. The zero-order chi connectivity index (χ0) is 20.5. The van der Waals surface area contributed by atoms with Gasteiger partial charge in [0.25, 0.3) is 0 Å². The van der Waals surface area contributed by atoms with Crippen molar-refractivity contribution in [3.63, 3.8) is 0 Å². The standard InChI is InChI=1S/C22H31N5O2.HI/c1-17(29-20-9-7-19(28-3)8-10-20)16-25-22(23-2)26-18-11-14-27(15-12-18)21-6-4-5-13-24-21;/h4-10,13,17-18H,11-12,14-16H2,1-3H3,(H2,23,25,26);1H. The van der Waals surface area contributed by atoms with E-state index in [-0.39, 0.29) is 30.1 Å². The topological polar surface area (TPSA) is 71.0 Å². The molecule has 0 radical (unpaired) electrons. The number of ether oxygens (including phenoxy) is 2. The van der Waals surface area contributed by atoms with Gasteiger partial charge in [-0.2, -0.15) is 0 Å². The molecule has 1 unspecified atom stereocenters. The lowest BCUT2D eigenvalue weighted by Gasteiger charge is -2.33. The second-order valence-corrected chi connectivity index (χ2v) is 7.15. The zero-order valence-corrected chi connectivity index (χ0v) is 20.2. The third-order valence-electron chi connectivity index (χ3n) is 4.99. The van der Waals surface area contributed by atoms with Crippen LogP contribution in [0.1, 0.15) is 19.8 Å². The molecule has 0 bridgehead atoms. The van der Waals surface area contributed by atoms with Crippen LogP contribution < -0.4 is 25.0 Å². The summed E-state index contributed by atoms with van der Waals surface area (Å²) in [4.78, 5) is 11.1. The summed E-state index contributed by atoms with van der Waals surface area (Å²) in [6.45, 7) is 4.68. The number of methoxy groups -OCH3 is 1. The normalized spacial score (nSPS) is 15.7. The number of rotatable bonds is 7. The number of guanidine groups is 1. The largest absolute Gasteiger partial charge is 0.497 e. The molecule has 7 nitrogen and oxygen atoms in total. The van der Waals surface area contributed by atoms with Crippen LogP contribution in [0.4, 0.5) is 5.82 Å². The van der Waals surface area contributed by atoms with Gasteiger partial charge in [-0.25, -0.2) is 4.98 Å². The molecule has 164 valence electrons. The van der Waals surface area contributed by atoms with E-state index >= 15 is 0 Å². The maximum atomic E-state index is 5.95. The number of anilines is 1. The van der Waals surface area contributed by atoms with Gasteiger partial charge in [0.1, 0.15) is 23.4 Å². The third kappa shape index (κ3) is 7.23. The van der Waals surface area contributed by atoms with E-state index in [0.717, 1.165) is 49.2 Å².